The van der Waals surface area contributed by atoms with E-state index >= 15 is 0 Å². The van der Waals surface area contributed by atoms with Gasteiger partial charge in [0, 0.05) is 12.1 Å². The molecule has 2 fully saturated rings. The molecule has 0 N–H and O–H groups in total. The predicted octanol–water partition coefficient (Wildman–Crippen LogP) is 3.58. The van der Waals surface area contributed by atoms with Crippen LogP contribution in [-0.2, 0) is 0 Å². The van der Waals surface area contributed by atoms with E-state index in [-0.39, 0.29) is 0 Å². The van der Waals surface area contributed by atoms with Crippen LogP contribution in [0.3, 0.4) is 0 Å². The summed E-state index contributed by atoms with van der Waals surface area (Å²) in [5.74, 6) is 0. The molecule has 2 aliphatic heterocycles. The first kappa shape index (κ1) is 10.5. The van der Waals surface area contributed by atoms with Crippen molar-refractivity contribution in [2.24, 2.45) is 0 Å². The van der Waals surface area contributed by atoms with Gasteiger partial charge in [-0.1, -0.05) is 32.6 Å². The molecule has 0 bridgehead atoms. The summed E-state index contributed by atoms with van der Waals surface area (Å²) in [4.78, 5) is 2.83. The van der Waals surface area contributed by atoms with Crippen molar-refractivity contribution in [1.82, 2.24) is 4.90 Å². The quantitative estimate of drug-likeness (QED) is 0.620. The lowest BCUT2D eigenvalue weighted by Crippen LogP contribution is -2.39. The SMILES string of the molecule is CCCCCC1CCC2CCCCN12. The van der Waals surface area contributed by atoms with Crippen LogP contribution in [0.1, 0.15) is 64.7 Å². The summed E-state index contributed by atoms with van der Waals surface area (Å²) >= 11 is 0. The molecular weight excluding hydrogens is 170 g/mol. The molecule has 2 unspecified atom stereocenters. The van der Waals surface area contributed by atoms with Gasteiger partial charge < -0.3 is 0 Å². The Morgan fingerprint density at radius 2 is 2.00 bits per heavy atom. The van der Waals surface area contributed by atoms with Gasteiger partial charge >= 0.3 is 0 Å². The number of hydrogen-bond acceptors (Lipinski definition) is 1. The molecule has 1 heteroatoms. The first-order chi connectivity index (χ1) is 6.92. The minimum absolute atomic E-state index is 0.965. The fraction of sp³-hybridized carbons (Fsp3) is 1.00. The monoisotopic (exact) mass is 195 g/mol. The van der Waals surface area contributed by atoms with Crippen LogP contribution in [0.2, 0.25) is 0 Å². The highest BCUT2D eigenvalue weighted by Gasteiger charge is 2.33. The minimum Gasteiger partial charge on any atom is -0.297 e. The third-order valence-corrected chi connectivity index (χ3v) is 4.12. The highest BCUT2D eigenvalue weighted by Crippen LogP contribution is 2.33. The van der Waals surface area contributed by atoms with E-state index in [9.17, 15) is 0 Å². The molecule has 2 atom stereocenters. The van der Waals surface area contributed by atoms with E-state index < -0.39 is 0 Å². The lowest BCUT2D eigenvalue weighted by Gasteiger charge is -2.34. The number of unbranched alkanes of at least 4 members (excludes halogenated alkanes) is 2. The summed E-state index contributed by atoms with van der Waals surface area (Å²) in [5.41, 5.74) is 0. The van der Waals surface area contributed by atoms with Crippen LogP contribution in [0.15, 0.2) is 0 Å². The zero-order valence-corrected chi connectivity index (χ0v) is 9.67. The minimum atomic E-state index is 0.965. The predicted molar refractivity (Wildman–Crippen MR) is 61.5 cm³/mol. The van der Waals surface area contributed by atoms with Crippen molar-refractivity contribution in [2.45, 2.75) is 76.8 Å². The number of fused-ring (bicyclic) bond motifs is 1. The Bertz CT molecular complexity index is 167. The topological polar surface area (TPSA) is 3.24 Å². The van der Waals surface area contributed by atoms with E-state index in [0.29, 0.717) is 0 Å². The maximum Gasteiger partial charge on any atom is 0.00987 e. The van der Waals surface area contributed by atoms with Crippen molar-refractivity contribution in [3.63, 3.8) is 0 Å². The van der Waals surface area contributed by atoms with Gasteiger partial charge in [0.25, 0.3) is 0 Å². The lowest BCUT2D eigenvalue weighted by molar-refractivity contribution is 0.142. The van der Waals surface area contributed by atoms with E-state index in [2.05, 4.69) is 11.8 Å². The molecule has 2 rings (SSSR count). The average Bonchev–Trinajstić information content (AvgIpc) is 2.63. The number of nitrogens with zero attached hydrogens (tertiary/aromatic N) is 1. The van der Waals surface area contributed by atoms with Crippen molar-refractivity contribution < 1.29 is 0 Å². The van der Waals surface area contributed by atoms with Gasteiger partial charge in [-0.25, -0.2) is 0 Å². The normalized spacial score (nSPS) is 33.2. The molecule has 0 radical (unpaired) electrons. The van der Waals surface area contributed by atoms with Crippen LogP contribution in [-0.4, -0.2) is 23.5 Å². The van der Waals surface area contributed by atoms with Crippen molar-refractivity contribution in [3.05, 3.63) is 0 Å². The van der Waals surface area contributed by atoms with Gasteiger partial charge in [-0.2, -0.15) is 0 Å². The molecule has 2 heterocycles. The Balaban J connectivity index is 1.76. The smallest absolute Gasteiger partial charge is 0.00987 e. The molecular formula is C13H25N. The fourth-order valence-corrected chi connectivity index (χ4v) is 3.30. The zero-order valence-electron chi connectivity index (χ0n) is 9.67. The van der Waals surface area contributed by atoms with Crippen LogP contribution in [0.5, 0.6) is 0 Å². The first-order valence-electron chi connectivity index (χ1n) is 6.67. The van der Waals surface area contributed by atoms with Crippen LogP contribution in [0.25, 0.3) is 0 Å². The zero-order chi connectivity index (χ0) is 9.80. The molecule has 0 spiro atoms. The third-order valence-electron chi connectivity index (χ3n) is 4.12. The lowest BCUT2D eigenvalue weighted by atomic mass is 10.0. The van der Waals surface area contributed by atoms with Crippen molar-refractivity contribution in [1.29, 1.82) is 0 Å². The maximum absolute atomic E-state index is 2.83. The highest BCUT2D eigenvalue weighted by molar-refractivity contribution is 4.89. The Morgan fingerprint density at radius 1 is 1.07 bits per heavy atom. The molecule has 0 aromatic rings. The second-order valence-electron chi connectivity index (χ2n) is 5.11. The van der Waals surface area contributed by atoms with Crippen molar-refractivity contribution >= 4 is 0 Å². The van der Waals surface area contributed by atoms with Crippen molar-refractivity contribution in [3.8, 4) is 0 Å². The van der Waals surface area contributed by atoms with E-state index in [1.54, 1.807) is 0 Å². The van der Waals surface area contributed by atoms with Crippen LogP contribution in [0.4, 0.5) is 0 Å². The third kappa shape index (κ3) is 2.31. The van der Waals surface area contributed by atoms with Gasteiger partial charge in [0.2, 0.25) is 0 Å². The van der Waals surface area contributed by atoms with Crippen LogP contribution in [0, 0.1) is 0 Å². The molecule has 0 aliphatic carbocycles. The van der Waals surface area contributed by atoms with Gasteiger partial charge in [0.1, 0.15) is 0 Å². The average molecular weight is 195 g/mol. The maximum atomic E-state index is 2.83. The summed E-state index contributed by atoms with van der Waals surface area (Å²) in [6.45, 7) is 3.71. The molecule has 0 amide bonds. The van der Waals surface area contributed by atoms with Gasteiger partial charge in [0.05, 0.1) is 0 Å². The fourth-order valence-electron chi connectivity index (χ4n) is 3.30. The largest absolute Gasteiger partial charge is 0.297 e. The van der Waals surface area contributed by atoms with Gasteiger partial charge in [-0.15, -0.1) is 0 Å². The standard InChI is InChI=1S/C13H25N/c1-2-3-4-7-12-9-10-13-8-5-6-11-14(12)13/h12-13H,2-11H2,1H3. The number of rotatable bonds is 4. The van der Waals surface area contributed by atoms with E-state index in [4.69, 9.17) is 0 Å². The summed E-state index contributed by atoms with van der Waals surface area (Å²) in [7, 11) is 0. The van der Waals surface area contributed by atoms with E-state index in [1.807, 2.05) is 0 Å². The number of hydrogen-bond donors (Lipinski definition) is 0. The molecule has 0 saturated carbocycles. The highest BCUT2D eigenvalue weighted by atomic mass is 15.2. The molecule has 14 heavy (non-hydrogen) atoms. The van der Waals surface area contributed by atoms with E-state index in [1.165, 1.54) is 64.3 Å². The van der Waals surface area contributed by atoms with Crippen LogP contribution < -0.4 is 0 Å². The van der Waals surface area contributed by atoms with Gasteiger partial charge in [-0.05, 0) is 38.6 Å². The Labute approximate surface area is 88.9 Å². The van der Waals surface area contributed by atoms with Crippen molar-refractivity contribution in [2.75, 3.05) is 6.54 Å². The Kier molecular flexibility index (Phi) is 3.86. The van der Waals surface area contributed by atoms with Gasteiger partial charge in [0.15, 0.2) is 0 Å². The van der Waals surface area contributed by atoms with Gasteiger partial charge in [-0.3, -0.25) is 4.90 Å². The summed E-state index contributed by atoms with van der Waals surface area (Å²) in [6.07, 6.45) is 13.2. The Hall–Kier alpha value is -0.0400. The second kappa shape index (κ2) is 5.16. The molecule has 2 saturated heterocycles. The second-order valence-corrected chi connectivity index (χ2v) is 5.11. The summed E-state index contributed by atoms with van der Waals surface area (Å²) in [6, 6.07) is 1.95. The van der Waals surface area contributed by atoms with E-state index in [0.717, 1.165) is 12.1 Å². The molecule has 2 aliphatic rings. The van der Waals surface area contributed by atoms with Crippen LogP contribution >= 0.6 is 0 Å². The molecule has 0 aromatic heterocycles. The Morgan fingerprint density at radius 3 is 2.86 bits per heavy atom. The summed E-state index contributed by atoms with van der Waals surface area (Å²) < 4.78 is 0. The molecule has 1 nitrogen and oxygen atoms in total. The number of piperidine rings is 1. The first-order valence-corrected chi connectivity index (χ1v) is 6.67. The molecule has 82 valence electrons. The molecule has 0 aromatic carbocycles. The summed E-state index contributed by atoms with van der Waals surface area (Å²) in [5, 5.41) is 0.